The number of nitrogens with one attached hydrogen (secondary N) is 1. The van der Waals surface area contributed by atoms with Crippen molar-refractivity contribution in [1.82, 2.24) is 14.8 Å². The number of aromatic amines is 1. The zero-order valence-electron chi connectivity index (χ0n) is 13.1. The second kappa shape index (κ2) is 5.57. The Balaban J connectivity index is 1.93. The van der Waals surface area contributed by atoms with Crippen LogP contribution in [0.3, 0.4) is 0 Å². The van der Waals surface area contributed by atoms with Crippen LogP contribution in [0.4, 0.5) is 0 Å². The molecule has 0 spiro atoms. The van der Waals surface area contributed by atoms with Crippen molar-refractivity contribution in [3.8, 4) is 17.0 Å². The first-order chi connectivity index (χ1) is 11.3. The third kappa shape index (κ3) is 2.32. The topological polar surface area (TPSA) is 59.9 Å². The number of hydrogen-bond donors (Lipinski definition) is 1. The highest BCUT2D eigenvalue weighted by atomic mass is 16.5. The van der Waals surface area contributed by atoms with Crippen LogP contribution in [0.5, 0.6) is 5.75 Å². The number of H-pyrrole nitrogens is 1. The first kappa shape index (κ1) is 14.1. The van der Waals surface area contributed by atoms with Crippen LogP contribution in [0.1, 0.15) is 31.7 Å². The fourth-order valence-corrected chi connectivity index (χ4v) is 3.48. The average molecular weight is 309 g/mol. The second-order valence-electron chi connectivity index (χ2n) is 6.03. The number of pyridine rings is 1. The summed E-state index contributed by atoms with van der Waals surface area (Å²) in [6, 6.07) is 10.0. The molecule has 118 valence electrons. The molecule has 0 atom stereocenters. The smallest absolute Gasteiger partial charge is 0.259 e. The average Bonchev–Trinajstić information content (AvgIpc) is 3.23. The van der Waals surface area contributed by atoms with Gasteiger partial charge in [-0.05, 0) is 43.2 Å². The molecule has 0 aliphatic heterocycles. The van der Waals surface area contributed by atoms with Crippen LogP contribution in [0.15, 0.2) is 41.3 Å². The molecule has 0 bridgehead atoms. The van der Waals surface area contributed by atoms with Crippen molar-refractivity contribution >= 4 is 10.9 Å². The van der Waals surface area contributed by atoms with Gasteiger partial charge in [0.15, 0.2) is 0 Å². The maximum Gasteiger partial charge on any atom is 0.259 e. The van der Waals surface area contributed by atoms with Crippen molar-refractivity contribution in [1.29, 1.82) is 0 Å². The maximum absolute atomic E-state index is 12.4. The summed E-state index contributed by atoms with van der Waals surface area (Å²) in [6.07, 6.45) is 6.42. The molecule has 1 saturated carbocycles. The molecule has 4 rings (SSSR count). The molecule has 5 nitrogen and oxygen atoms in total. The number of rotatable bonds is 3. The van der Waals surface area contributed by atoms with Crippen LogP contribution in [-0.2, 0) is 0 Å². The van der Waals surface area contributed by atoms with E-state index in [1.54, 1.807) is 13.3 Å². The Kier molecular flexibility index (Phi) is 3.41. The minimum Gasteiger partial charge on any atom is -0.497 e. The first-order valence-electron chi connectivity index (χ1n) is 8.02. The Labute approximate surface area is 133 Å². The van der Waals surface area contributed by atoms with Crippen molar-refractivity contribution in [3.05, 3.63) is 46.9 Å². The molecule has 0 radical (unpaired) electrons. The lowest BCUT2D eigenvalue weighted by molar-refractivity contribution is 0.415. The monoisotopic (exact) mass is 309 g/mol. The Morgan fingerprint density at radius 2 is 1.91 bits per heavy atom. The largest absolute Gasteiger partial charge is 0.497 e. The van der Waals surface area contributed by atoms with E-state index in [9.17, 15) is 4.79 Å². The van der Waals surface area contributed by atoms with Crippen LogP contribution in [-0.4, -0.2) is 21.9 Å². The lowest BCUT2D eigenvalue weighted by Crippen LogP contribution is -2.08. The Morgan fingerprint density at radius 3 is 2.61 bits per heavy atom. The van der Waals surface area contributed by atoms with E-state index in [1.165, 1.54) is 12.8 Å². The number of ether oxygens (including phenoxy) is 1. The molecule has 1 aromatic carbocycles. The molecule has 0 unspecified atom stereocenters. The van der Waals surface area contributed by atoms with E-state index in [2.05, 4.69) is 9.67 Å². The summed E-state index contributed by atoms with van der Waals surface area (Å²) in [5.41, 5.74) is 2.52. The van der Waals surface area contributed by atoms with Gasteiger partial charge < -0.3 is 9.72 Å². The molecule has 23 heavy (non-hydrogen) atoms. The number of hydrogen-bond acceptors (Lipinski definition) is 3. The lowest BCUT2D eigenvalue weighted by Gasteiger charge is -2.10. The molecule has 5 heteroatoms. The van der Waals surface area contributed by atoms with E-state index in [0.29, 0.717) is 11.4 Å². The summed E-state index contributed by atoms with van der Waals surface area (Å²) in [4.78, 5) is 15.2. The number of fused-ring (bicyclic) bond motifs is 1. The number of nitrogens with zero attached hydrogens (tertiary/aromatic N) is 2. The van der Waals surface area contributed by atoms with Crippen molar-refractivity contribution in [2.75, 3.05) is 7.11 Å². The normalized spacial score (nSPS) is 15.3. The van der Waals surface area contributed by atoms with Gasteiger partial charge in [-0.25, -0.2) is 0 Å². The van der Waals surface area contributed by atoms with Gasteiger partial charge in [-0.3, -0.25) is 9.48 Å². The van der Waals surface area contributed by atoms with E-state index in [0.717, 1.165) is 35.4 Å². The van der Waals surface area contributed by atoms with Gasteiger partial charge in [0.05, 0.1) is 24.1 Å². The SMILES string of the molecule is COc1ccc(-c2nn(C3CCCC3)c3cc[nH]c(=O)c23)cc1. The molecule has 1 aliphatic carbocycles. The summed E-state index contributed by atoms with van der Waals surface area (Å²) < 4.78 is 7.26. The van der Waals surface area contributed by atoms with Crippen LogP contribution in [0.25, 0.3) is 22.2 Å². The van der Waals surface area contributed by atoms with Crippen LogP contribution in [0, 0.1) is 0 Å². The molecular formula is C18H19N3O2. The van der Waals surface area contributed by atoms with Gasteiger partial charge in [0.2, 0.25) is 0 Å². The zero-order valence-corrected chi connectivity index (χ0v) is 13.1. The lowest BCUT2D eigenvalue weighted by atomic mass is 10.1. The molecule has 3 aromatic rings. The van der Waals surface area contributed by atoms with E-state index < -0.39 is 0 Å². The van der Waals surface area contributed by atoms with Crippen molar-refractivity contribution in [3.63, 3.8) is 0 Å². The number of aromatic nitrogens is 3. The van der Waals surface area contributed by atoms with E-state index in [4.69, 9.17) is 9.84 Å². The molecule has 2 aromatic heterocycles. The minimum absolute atomic E-state index is 0.0856. The predicted molar refractivity (Wildman–Crippen MR) is 89.8 cm³/mol. The highest BCUT2D eigenvalue weighted by Crippen LogP contribution is 2.34. The fraction of sp³-hybridized carbons (Fsp3) is 0.333. The molecule has 0 saturated heterocycles. The zero-order chi connectivity index (χ0) is 15.8. The van der Waals surface area contributed by atoms with Crippen LogP contribution < -0.4 is 10.3 Å². The van der Waals surface area contributed by atoms with E-state index in [1.807, 2.05) is 30.3 Å². The first-order valence-corrected chi connectivity index (χ1v) is 8.02. The predicted octanol–water partition coefficient (Wildman–Crippen LogP) is 3.52. The van der Waals surface area contributed by atoms with Gasteiger partial charge in [-0.15, -0.1) is 0 Å². The minimum atomic E-state index is -0.0856. The molecular weight excluding hydrogens is 290 g/mol. The van der Waals surface area contributed by atoms with E-state index >= 15 is 0 Å². The highest BCUT2D eigenvalue weighted by Gasteiger charge is 2.23. The van der Waals surface area contributed by atoms with E-state index in [-0.39, 0.29) is 5.56 Å². The van der Waals surface area contributed by atoms with Gasteiger partial charge in [0.1, 0.15) is 11.4 Å². The van der Waals surface area contributed by atoms with Gasteiger partial charge in [-0.1, -0.05) is 12.8 Å². The van der Waals surface area contributed by atoms with Gasteiger partial charge in [0.25, 0.3) is 5.56 Å². The molecule has 1 N–H and O–H groups in total. The second-order valence-corrected chi connectivity index (χ2v) is 6.03. The summed E-state index contributed by atoms with van der Waals surface area (Å²) in [7, 11) is 1.64. The summed E-state index contributed by atoms with van der Waals surface area (Å²) in [5, 5.41) is 5.48. The third-order valence-electron chi connectivity index (χ3n) is 4.66. The molecule has 1 aliphatic rings. The fourth-order valence-electron chi connectivity index (χ4n) is 3.48. The Hall–Kier alpha value is -2.56. The van der Waals surface area contributed by atoms with Crippen molar-refractivity contribution in [2.45, 2.75) is 31.7 Å². The molecule has 2 heterocycles. The Morgan fingerprint density at radius 1 is 1.17 bits per heavy atom. The van der Waals surface area contributed by atoms with Crippen LogP contribution >= 0.6 is 0 Å². The Bertz CT molecular complexity index is 887. The highest BCUT2D eigenvalue weighted by molar-refractivity contribution is 5.92. The number of benzene rings is 1. The molecule has 1 fully saturated rings. The summed E-state index contributed by atoms with van der Waals surface area (Å²) >= 11 is 0. The van der Waals surface area contributed by atoms with Crippen LogP contribution in [0.2, 0.25) is 0 Å². The quantitative estimate of drug-likeness (QED) is 0.805. The van der Waals surface area contributed by atoms with Gasteiger partial charge in [0, 0.05) is 11.8 Å². The standard InChI is InChI=1S/C18H19N3O2/c1-23-14-8-6-12(7-9-14)17-16-15(10-11-19-18(16)22)21(20-17)13-4-2-3-5-13/h6-11,13H,2-5H2,1H3,(H,19,22). The van der Waals surface area contributed by atoms with Crippen molar-refractivity contribution in [2.24, 2.45) is 0 Å². The van der Waals surface area contributed by atoms with Gasteiger partial charge >= 0.3 is 0 Å². The third-order valence-corrected chi connectivity index (χ3v) is 4.66. The summed E-state index contributed by atoms with van der Waals surface area (Å²) in [6.45, 7) is 0. The van der Waals surface area contributed by atoms with Gasteiger partial charge in [-0.2, -0.15) is 5.10 Å². The summed E-state index contributed by atoms with van der Waals surface area (Å²) in [5.74, 6) is 0.794. The van der Waals surface area contributed by atoms with Crippen molar-refractivity contribution < 1.29 is 4.74 Å². The number of methoxy groups -OCH3 is 1. The molecule has 0 amide bonds. The maximum atomic E-state index is 12.4.